The van der Waals surface area contributed by atoms with Gasteiger partial charge in [-0.25, -0.2) is 9.78 Å². The second kappa shape index (κ2) is 9.00. The van der Waals surface area contributed by atoms with Crippen LogP contribution in [0.25, 0.3) is 21.1 Å². The van der Waals surface area contributed by atoms with Gasteiger partial charge in [-0.1, -0.05) is 22.9 Å². The van der Waals surface area contributed by atoms with E-state index < -0.39 is 29.2 Å². The lowest BCUT2D eigenvalue weighted by Crippen LogP contribution is -2.44. The van der Waals surface area contributed by atoms with Crippen LogP contribution in [0.4, 0.5) is 24.0 Å². The number of amides is 1. The maximum atomic E-state index is 13.6. The summed E-state index contributed by atoms with van der Waals surface area (Å²) >= 11 is 7.00. The second-order valence-electron chi connectivity index (χ2n) is 8.07. The number of aromatic nitrogens is 3. The molecule has 0 aliphatic carbocycles. The van der Waals surface area contributed by atoms with Gasteiger partial charge in [0.2, 0.25) is 0 Å². The van der Waals surface area contributed by atoms with Gasteiger partial charge in [-0.15, -0.1) is 0 Å². The zero-order valence-corrected chi connectivity index (χ0v) is 20.2. The van der Waals surface area contributed by atoms with Gasteiger partial charge in [-0.05, 0) is 45.0 Å². The minimum atomic E-state index is -4.64. The van der Waals surface area contributed by atoms with Crippen molar-refractivity contribution in [1.82, 2.24) is 15.2 Å². The number of esters is 1. The number of rotatable bonds is 6. The molecule has 3 N–H and O–H groups in total. The predicted molar refractivity (Wildman–Crippen MR) is 128 cm³/mol. The highest BCUT2D eigenvalue weighted by Crippen LogP contribution is 2.41. The Morgan fingerprint density at radius 2 is 1.97 bits per heavy atom. The molecule has 0 atom stereocenters. The number of thiazole rings is 1. The van der Waals surface area contributed by atoms with Gasteiger partial charge in [0, 0.05) is 11.1 Å². The Labute approximate surface area is 205 Å². The van der Waals surface area contributed by atoms with Crippen LogP contribution in [0.1, 0.15) is 36.7 Å². The number of nitrogens with one attached hydrogen (secondary N) is 3. The molecule has 0 aliphatic rings. The molecule has 184 valence electrons. The highest BCUT2D eigenvalue weighted by molar-refractivity contribution is 7.23. The Kier molecular flexibility index (Phi) is 6.36. The molecule has 0 fully saturated rings. The number of halogens is 4. The molecule has 8 nitrogen and oxygen atoms in total. The maximum absolute atomic E-state index is 13.6. The number of aromatic amines is 1. The van der Waals surface area contributed by atoms with Crippen molar-refractivity contribution in [3.8, 4) is 0 Å². The van der Waals surface area contributed by atoms with Gasteiger partial charge in [0.15, 0.2) is 5.13 Å². The third-order valence-corrected chi connectivity index (χ3v) is 6.43. The van der Waals surface area contributed by atoms with Crippen molar-refractivity contribution in [2.24, 2.45) is 0 Å². The highest BCUT2D eigenvalue weighted by atomic mass is 35.5. The number of carbonyl (C=O) groups excluding carboxylic acids is 2. The van der Waals surface area contributed by atoms with E-state index >= 15 is 0 Å². The lowest BCUT2D eigenvalue weighted by Gasteiger charge is -2.26. The first-order valence-corrected chi connectivity index (χ1v) is 11.5. The van der Waals surface area contributed by atoms with E-state index in [9.17, 15) is 22.8 Å². The van der Waals surface area contributed by atoms with E-state index in [0.717, 1.165) is 17.4 Å². The van der Waals surface area contributed by atoms with Crippen LogP contribution in [0, 0.1) is 0 Å². The van der Waals surface area contributed by atoms with Gasteiger partial charge in [0.1, 0.15) is 5.54 Å². The fraction of sp³-hybridized carbons (Fsp3) is 0.273. The molecule has 0 saturated heterocycles. The molecule has 35 heavy (non-hydrogen) atoms. The normalized spacial score (nSPS) is 12.2. The molecule has 13 heteroatoms. The summed E-state index contributed by atoms with van der Waals surface area (Å²) in [7, 11) is 0. The van der Waals surface area contributed by atoms with Crippen molar-refractivity contribution in [3.05, 3.63) is 46.6 Å². The molecular formula is C22H19ClF3N5O3S. The molecule has 0 unspecified atom stereocenters. The van der Waals surface area contributed by atoms with Crippen LogP contribution in [0.15, 0.2) is 30.5 Å². The number of hydrogen-bond donors (Lipinski definition) is 3. The molecule has 0 saturated carbocycles. The molecule has 4 rings (SSSR count). The quantitative estimate of drug-likeness (QED) is 0.272. The molecule has 1 amide bonds. The molecule has 0 radical (unpaired) electrons. The maximum Gasteiger partial charge on any atom is 0.418 e. The summed E-state index contributed by atoms with van der Waals surface area (Å²) in [5.74, 6) is -1.16. The molecule has 2 aromatic carbocycles. The Hall–Kier alpha value is -3.38. The van der Waals surface area contributed by atoms with Gasteiger partial charge < -0.3 is 10.1 Å². The summed E-state index contributed by atoms with van der Waals surface area (Å²) in [5, 5.41) is 12.6. The van der Waals surface area contributed by atoms with Gasteiger partial charge in [-0.3, -0.25) is 15.2 Å². The minimum absolute atomic E-state index is 0.00222. The van der Waals surface area contributed by atoms with E-state index in [2.05, 4.69) is 25.8 Å². The molecular weight excluding hydrogens is 507 g/mol. The summed E-state index contributed by atoms with van der Waals surface area (Å²) in [4.78, 5) is 29.2. The Morgan fingerprint density at radius 3 is 2.66 bits per heavy atom. The van der Waals surface area contributed by atoms with Crippen LogP contribution in [0.5, 0.6) is 0 Å². The van der Waals surface area contributed by atoms with E-state index in [4.69, 9.17) is 16.3 Å². The summed E-state index contributed by atoms with van der Waals surface area (Å²) in [6, 6.07) is 5.48. The predicted octanol–water partition coefficient (Wildman–Crippen LogP) is 5.85. The summed E-state index contributed by atoms with van der Waals surface area (Å²) in [6.07, 6.45) is -3.23. The number of carbonyl (C=O) groups is 2. The van der Waals surface area contributed by atoms with Crippen LogP contribution in [0.3, 0.4) is 0 Å². The van der Waals surface area contributed by atoms with Gasteiger partial charge in [-0.2, -0.15) is 18.3 Å². The molecule has 4 aromatic rings. The first kappa shape index (κ1) is 24.7. The standard InChI is InChI=1S/C22H19ClF3N5O3S/c1-4-34-18(32)11-7-10(5-6-14(11)23)30-21(2,3)19(33)29-20-28-16-13(22(24,25)26)8-15-12(9-27-31-15)17(16)35-20/h5-9,30H,4H2,1-3H3,(H,27,31)(H,28,29,33). The fourth-order valence-electron chi connectivity index (χ4n) is 3.39. The topological polar surface area (TPSA) is 109 Å². The third-order valence-electron chi connectivity index (χ3n) is 5.10. The van der Waals surface area contributed by atoms with E-state index in [1.54, 1.807) is 26.8 Å². The van der Waals surface area contributed by atoms with Crippen molar-refractivity contribution in [2.75, 3.05) is 17.2 Å². The molecule has 0 spiro atoms. The van der Waals surface area contributed by atoms with Crippen LogP contribution in [-0.4, -0.2) is 39.2 Å². The molecule has 2 aromatic heterocycles. The zero-order chi connectivity index (χ0) is 25.5. The number of H-pyrrole nitrogens is 1. The van der Waals surface area contributed by atoms with E-state index in [-0.39, 0.29) is 38.1 Å². The Bertz CT molecular complexity index is 1450. The third kappa shape index (κ3) is 4.89. The first-order valence-electron chi connectivity index (χ1n) is 10.3. The zero-order valence-electron chi connectivity index (χ0n) is 18.6. The number of benzene rings is 2. The van der Waals surface area contributed by atoms with Crippen molar-refractivity contribution >= 4 is 66.8 Å². The lowest BCUT2D eigenvalue weighted by atomic mass is 10.0. The van der Waals surface area contributed by atoms with Crippen molar-refractivity contribution < 1.29 is 27.5 Å². The number of anilines is 2. The van der Waals surface area contributed by atoms with Crippen LogP contribution in [-0.2, 0) is 15.7 Å². The number of fused-ring (bicyclic) bond motifs is 3. The number of hydrogen-bond acceptors (Lipinski definition) is 7. The van der Waals surface area contributed by atoms with Gasteiger partial charge >= 0.3 is 12.1 Å². The largest absolute Gasteiger partial charge is 0.462 e. The monoisotopic (exact) mass is 525 g/mol. The summed E-state index contributed by atoms with van der Waals surface area (Å²) < 4.78 is 46.1. The molecule has 2 heterocycles. The van der Waals surface area contributed by atoms with Crippen LogP contribution >= 0.6 is 22.9 Å². The number of ether oxygens (including phenoxy) is 1. The lowest BCUT2D eigenvalue weighted by molar-refractivity contribution is -0.136. The fourth-order valence-corrected chi connectivity index (χ4v) is 4.59. The highest BCUT2D eigenvalue weighted by Gasteiger charge is 2.36. The van der Waals surface area contributed by atoms with Gasteiger partial charge in [0.25, 0.3) is 5.91 Å². The summed E-state index contributed by atoms with van der Waals surface area (Å²) in [5.41, 5.74) is -1.67. The van der Waals surface area contributed by atoms with E-state index in [1.165, 1.54) is 18.3 Å². The van der Waals surface area contributed by atoms with E-state index in [0.29, 0.717) is 11.1 Å². The van der Waals surface area contributed by atoms with Crippen molar-refractivity contribution in [2.45, 2.75) is 32.5 Å². The summed E-state index contributed by atoms with van der Waals surface area (Å²) in [6.45, 7) is 4.98. The van der Waals surface area contributed by atoms with E-state index in [1.807, 2.05) is 0 Å². The SMILES string of the molecule is CCOC(=O)c1cc(NC(C)(C)C(=O)Nc2nc3c(C(F)(F)F)cc4[nH]ncc4c3s2)ccc1Cl. The number of nitrogens with zero attached hydrogens (tertiary/aromatic N) is 2. The van der Waals surface area contributed by atoms with Crippen LogP contribution < -0.4 is 10.6 Å². The first-order chi connectivity index (χ1) is 16.4. The minimum Gasteiger partial charge on any atom is -0.462 e. The van der Waals surface area contributed by atoms with Gasteiger partial charge in [0.05, 0.1) is 44.7 Å². The average Bonchev–Trinajstić information content (AvgIpc) is 3.40. The Morgan fingerprint density at radius 1 is 1.23 bits per heavy atom. The van der Waals surface area contributed by atoms with Crippen molar-refractivity contribution in [1.29, 1.82) is 0 Å². The Balaban J connectivity index is 1.61. The van der Waals surface area contributed by atoms with Crippen LogP contribution in [0.2, 0.25) is 5.02 Å². The molecule has 0 aliphatic heterocycles. The van der Waals surface area contributed by atoms with Crippen molar-refractivity contribution in [3.63, 3.8) is 0 Å². The molecule has 0 bridgehead atoms. The second-order valence-corrected chi connectivity index (χ2v) is 9.48. The number of alkyl halides is 3. The average molecular weight is 526 g/mol. The smallest absolute Gasteiger partial charge is 0.418 e.